The number of hydrogen-bond acceptors (Lipinski definition) is 4. The molecular weight excluding hydrogens is 272 g/mol. The molecule has 94 valence electrons. The normalized spacial score (nSPS) is 11.8. The van der Waals surface area contributed by atoms with E-state index >= 15 is 0 Å². The fourth-order valence-electron chi connectivity index (χ4n) is 1.40. The van der Waals surface area contributed by atoms with Gasteiger partial charge in [0, 0.05) is 10.5 Å². The van der Waals surface area contributed by atoms with Gasteiger partial charge in [0.05, 0.1) is 16.2 Å². The maximum absolute atomic E-state index is 8.59. The summed E-state index contributed by atoms with van der Waals surface area (Å²) >= 11 is 7.66. The smallest absolute Gasteiger partial charge is 0.170 e. The molecule has 1 heterocycles. The van der Waals surface area contributed by atoms with Crippen molar-refractivity contribution in [2.24, 2.45) is 10.9 Å². The Balaban J connectivity index is 2.28. The van der Waals surface area contributed by atoms with Gasteiger partial charge in [0.25, 0.3) is 0 Å². The Morgan fingerprint density at radius 1 is 1.39 bits per heavy atom. The van der Waals surface area contributed by atoms with E-state index in [2.05, 4.69) is 5.16 Å². The van der Waals surface area contributed by atoms with E-state index in [1.807, 2.05) is 19.1 Å². The van der Waals surface area contributed by atoms with Crippen molar-refractivity contribution in [3.8, 4) is 0 Å². The van der Waals surface area contributed by atoms with E-state index in [1.54, 1.807) is 18.4 Å². The van der Waals surface area contributed by atoms with Crippen molar-refractivity contribution in [1.82, 2.24) is 0 Å². The largest absolute Gasteiger partial charge is 0.468 e. The molecule has 0 amide bonds. The molecule has 0 fully saturated rings. The van der Waals surface area contributed by atoms with Crippen molar-refractivity contribution in [3.63, 3.8) is 0 Å². The van der Waals surface area contributed by atoms with Gasteiger partial charge in [-0.1, -0.05) is 28.5 Å². The van der Waals surface area contributed by atoms with Crippen LogP contribution in [0.25, 0.3) is 0 Å². The van der Waals surface area contributed by atoms with Gasteiger partial charge in [-0.15, -0.1) is 0 Å². The van der Waals surface area contributed by atoms with Crippen LogP contribution in [0.5, 0.6) is 0 Å². The summed E-state index contributed by atoms with van der Waals surface area (Å²) in [4.78, 5) is 1.89. The molecule has 1 aromatic heterocycles. The van der Waals surface area contributed by atoms with Crippen LogP contribution in [0.4, 0.5) is 0 Å². The second kappa shape index (κ2) is 5.37. The summed E-state index contributed by atoms with van der Waals surface area (Å²) in [5, 5.41) is 12.1. The number of halogens is 1. The minimum Gasteiger partial charge on any atom is -0.468 e. The Kier molecular flexibility index (Phi) is 3.84. The molecule has 2 aromatic rings. The van der Waals surface area contributed by atoms with Gasteiger partial charge < -0.3 is 15.4 Å². The van der Waals surface area contributed by atoms with Crippen LogP contribution in [0.15, 0.2) is 49.9 Å². The number of nitrogens with zero attached hydrogens (tertiary/aromatic N) is 1. The van der Waals surface area contributed by atoms with Crippen molar-refractivity contribution in [3.05, 3.63) is 46.9 Å². The molecule has 0 aliphatic carbocycles. The average molecular weight is 283 g/mol. The fraction of sp³-hybridized carbons (Fsp3) is 0.0833. The van der Waals surface area contributed by atoms with Gasteiger partial charge in [-0.05, 0) is 31.2 Å². The third-order valence-electron chi connectivity index (χ3n) is 2.37. The molecule has 1 aromatic carbocycles. The average Bonchev–Trinajstić information content (AvgIpc) is 2.76. The van der Waals surface area contributed by atoms with Crippen LogP contribution in [-0.4, -0.2) is 11.0 Å². The molecular formula is C12H11ClN2O2S. The molecule has 0 saturated carbocycles. The summed E-state index contributed by atoms with van der Waals surface area (Å²) in [6, 6.07) is 7.12. The van der Waals surface area contributed by atoms with Gasteiger partial charge >= 0.3 is 0 Å². The number of furan rings is 1. The molecule has 0 unspecified atom stereocenters. The van der Waals surface area contributed by atoms with Gasteiger partial charge in [-0.25, -0.2) is 0 Å². The van der Waals surface area contributed by atoms with Crippen LogP contribution < -0.4 is 5.73 Å². The minimum absolute atomic E-state index is 0.0351. The highest BCUT2D eigenvalue weighted by atomic mass is 35.5. The van der Waals surface area contributed by atoms with Crippen LogP contribution in [0.2, 0.25) is 5.02 Å². The molecule has 0 atom stereocenters. The van der Waals surface area contributed by atoms with E-state index in [1.165, 1.54) is 11.8 Å². The van der Waals surface area contributed by atoms with Crippen molar-refractivity contribution in [2.75, 3.05) is 0 Å². The zero-order valence-electron chi connectivity index (χ0n) is 9.55. The van der Waals surface area contributed by atoms with Gasteiger partial charge in [0.2, 0.25) is 0 Å². The fourth-order valence-corrected chi connectivity index (χ4v) is 2.54. The lowest BCUT2D eigenvalue weighted by molar-refractivity contribution is 0.318. The van der Waals surface area contributed by atoms with E-state index in [0.717, 1.165) is 15.6 Å². The van der Waals surface area contributed by atoms with Crippen LogP contribution in [-0.2, 0) is 0 Å². The predicted octanol–water partition coefficient (Wildman–Crippen LogP) is 3.49. The van der Waals surface area contributed by atoms with Gasteiger partial charge in [-0.2, -0.15) is 0 Å². The zero-order valence-corrected chi connectivity index (χ0v) is 11.1. The Morgan fingerprint density at radius 3 is 2.72 bits per heavy atom. The summed E-state index contributed by atoms with van der Waals surface area (Å²) in [7, 11) is 0. The molecule has 0 spiro atoms. The van der Waals surface area contributed by atoms with Gasteiger partial charge in [0.15, 0.2) is 5.84 Å². The highest BCUT2D eigenvalue weighted by Crippen LogP contribution is 2.35. The van der Waals surface area contributed by atoms with Crippen molar-refractivity contribution in [1.29, 1.82) is 0 Å². The van der Waals surface area contributed by atoms with Crippen LogP contribution in [0.1, 0.15) is 11.3 Å². The van der Waals surface area contributed by atoms with Gasteiger partial charge in [0.1, 0.15) is 5.76 Å². The molecule has 2 rings (SSSR count). The summed E-state index contributed by atoms with van der Waals surface area (Å²) in [5.41, 5.74) is 6.07. The number of oxime groups is 1. The maximum atomic E-state index is 8.59. The first-order chi connectivity index (χ1) is 8.61. The van der Waals surface area contributed by atoms with Gasteiger partial charge in [-0.3, -0.25) is 0 Å². The van der Waals surface area contributed by atoms with Crippen molar-refractivity contribution >= 4 is 29.2 Å². The lowest BCUT2D eigenvalue weighted by Gasteiger charge is -2.05. The third-order valence-corrected chi connectivity index (χ3v) is 4.01. The van der Waals surface area contributed by atoms with Crippen molar-refractivity contribution in [2.45, 2.75) is 16.7 Å². The topological polar surface area (TPSA) is 71.8 Å². The lowest BCUT2D eigenvalue weighted by atomic mass is 10.2. The molecule has 6 heteroatoms. The Morgan fingerprint density at radius 2 is 2.17 bits per heavy atom. The third kappa shape index (κ3) is 2.63. The summed E-state index contributed by atoms with van der Waals surface area (Å²) in [5.74, 6) is 0.879. The number of aryl methyl sites for hydroxylation is 1. The number of hydrogen-bond donors (Lipinski definition) is 2. The molecule has 3 N–H and O–H groups in total. The highest BCUT2D eigenvalue weighted by molar-refractivity contribution is 7.99. The Labute approximate surface area is 113 Å². The van der Waals surface area contributed by atoms with E-state index in [9.17, 15) is 0 Å². The zero-order chi connectivity index (χ0) is 13.1. The Bertz CT molecular complexity index is 596. The van der Waals surface area contributed by atoms with E-state index in [0.29, 0.717) is 10.6 Å². The quantitative estimate of drug-likeness (QED) is 0.391. The summed E-state index contributed by atoms with van der Waals surface area (Å²) < 4.78 is 5.22. The molecule has 0 radical (unpaired) electrons. The molecule has 4 nitrogen and oxygen atoms in total. The summed E-state index contributed by atoms with van der Waals surface area (Å²) in [6.07, 6.45) is 1.64. The SMILES string of the molecule is Cc1occc1Sc1ccc(/C(N)=N/O)cc1Cl. The van der Waals surface area contributed by atoms with Crippen molar-refractivity contribution < 1.29 is 9.62 Å². The number of benzene rings is 1. The Hall–Kier alpha value is -1.59. The second-order valence-corrected chi connectivity index (χ2v) is 5.06. The molecule has 0 aliphatic heterocycles. The van der Waals surface area contributed by atoms with E-state index in [4.69, 9.17) is 27.0 Å². The number of nitrogens with two attached hydrogens (primary N) is 1. The summed E-state index contributed by atoms with van der Waals surface area (Å²) in [6.45, 7) is 1.89. The molecule has 0 bridgehead atoms. The highest BCUT2D eigenvalue weighted by Gasteiger charge is 2.09. The minimum atomic E-state index is 0.0351. The van der Waals surface area contributed by atoms with E-state index in [-0.39, 0.29) is 5.84 Å². The first-order valence-corrected chi connectivity index (χ1v) is 6.30. The number of rotatable bonds is 3. The van der Waals surface area contributed by atoms with E-state index < -0.39 is 0 Å². The standard InChI is InChI=1S/C12H11ClN2O2S/c1-7-10(4-5-17-7)18-11-3-2-8(6-9(11)13)12(14)15-16/h2-6,16H,1H3,(H2,14,15). The predicted molar refractivity (Wildman–Crippen MR) is 71.5 cm³/mol. The monoisotopic (exact) mass is 282 g/mol. The van der Waals surface area contributed by atoms with Crippen LogP contribution in [0.3, 0.4) is 0 Å². The van der Waals surface area contributed by atoms with Crippen LogP contribution in [0, 0.1) is 6.92 Å². The molecule has 0 saturated heterocycles. The first-order valence-electron chi connectivity index (χ1n) is 5.11. The molecule has 0 aliphatic rings. The lowest BCUT2D eigenvalue weighted by Crippen LogP contribution is -2.12. The van der Waals surface area contributed by atoms with Crippen LogP contribution >= 0.6 is 23.4 Å². The maximum Gasteiger partial charge on any atom is 0.170 e. The second-order valence-electron chi connectivity index (χ2n) is 3.57. The number of amidine groups is 1. The molecule has 18 heavy (non-hydrogen) atoms. The first kappa shape index (κ1) is 12.9.